The number of hydrogen-bond donors (Lipinski definition) is 1. The number of H-pyrrole nitrogens is 1. The number of nitrogens with one attached hydrogen (secondary N) is 1. The maximum atomic E-state index is 12.6. The Balaban J connectivity index is 1.68. The van der Waals surface area contributed by atoms with Crippen LogP contribution in [0.5, 0.6) is 0 Å². The summed E-state index contributed by atoms with van der Waals surface area (Å²) in [5, 5.41) is 6.80. The molecule has 3 rings (SSSR count). The highest BCUT2D eigenvalue weighted by Gasteiger charge is 2.21. The largest absolute Gasteiger partial charge is 0.469 e. The number of aromatic nitrogens is 2. The Morgan fingerprint density at radius 3 is 2.71 bits per heavy atom. The lowest BCUT2D eigenvalue weighted by Crippen LogP contribution is -2.28. The van der Waals surface area contributed by atoms with Crippen molar-refractivity contribution in [1.82, 2.24) is 15.1 Å². The summed E-state index contributed by atoms with van der Waals surface area (Å²) in [6.07, 6.45) is 4.53. The molecule has 0 saturated carbocycles. The van der Waals surface area contributed by atoms with Gasteiger partial charge in [-0.25, -0.2) is 0 Å². The normalized spacial score (nSPS) is 12.0. The van der Waals surface area contributed by atoms with Crippen LogP contribution in [-0.4, -0.2) is 28.1 Å². The molecule has 1 unspecified atom stereocenters. The highest BCUT2D eigenvalue weighted by molar-refractivity contribution is 5.76. The Hall–Kier alpha value is -2.82. The Kier molecular flexibility index (Phi) is 5.11. The monoisotopic (exact) mass is 323 g/mol. The molecule has 0 fully saturated rings. The van der Waals surface area contributed by atoms with Gasteiger partial charge in [0.1, 0.15) is 5.76 Å². The molecule has 124 valence electrons. The van der Waals surface area contributed by atoms with Crippen molar-refractivity contribution in [3.63, 3.8) is 0 Å². The molecule has 0 aliphatic rings. The Labute approximate surface area is 141 Å². The molecule has 3 aromatic rings. The zero-order valence-corrected chi connectivity index (χ0v) is 13.7. The van der Waals surface area contributed by atoms with E-state index in [0.717, 1.165) is 17.9 Å². The fourth-order valence-electron chi connectivity index (χ4n) is 2.78. The molecule has 5 heteroatoms. The van der Waals surface area contributed by atoms with E-state index in [4.69, 9.17) is 4.42 Å². The quantitative estimate of drug-likeness (QED) is 0.725. The lowest BCUT2D eigenvalue weighted by molar-refractivity contribution is -0.131. The molecule has 0 aliphatic heterocycles. The minimum Gasteiger partial charge on any atom is -0.469 e. The van der Waals surface area contributed by atoms with Gasteiger partial charge >= 0.3 is 0 Å². The minimum atomic E-state index is 0.0270. The zero-order chi connectivity index (χ0) is 16.8. The summed E-state index contributed by atoms with van der Waals surface area (Å²) in [5.41, 5.74) is 2.12. The summed E-state index contributed by atoms with van der Waals surface area (Å²) in [7, 11) is 1.81. The van der Waals surface area contributed by atoms with Gasteiger partial charge in [0, 0.05) is 25.6 Å². The number of aromatic amines is 1. The van der Waals surface area contributed by atoms with Crippen molar-refractivity contribution in [2.45, 2.75) is 25.3 Å². The topological polar surface area (TPSA) is 62.1 Å². The second-order valence-electron chi connectivity index (χ2n) is 5.94. The molecular formula is C19H21N3O2. The van der Waals surface area contributed by atoms with Gasteiger partial charge in [0.2, 0.25) is 5.91 Å². The van der Waals surface area contributed by atoms with Crippen molar-refractivity contribution in [2.24, 2.45) is 0 Å². The average Bonchev–Trinajstić information content (AvgIpc) is 3.29. The fraction of sp³-hybridized carbons (Fsp3) is 0.263. The van der Waals surface area contributed by atoms with Crippen LogP contribution in [0.2, 0.25) is 0 Å². The van der Waals surface area contributed by atoms with Crippen LogP contribution >= 0.6 is 0 Å². The second-order valence-corrected chi connectivity index (χ2v) is 5.94. The van der Waals surface area contributed by atoms with Crippen LogP contribution in [0.25, 0.3) is 0 Å². The van der Waals surface area contributed by atoms with Gasteiger partial charge in [-0.2, -0.15) is 5.10 Å². The van der Waals surface area contributed by atoms with Gasteiger partial charge in [0.25, 0.3) is 0 Å². The molecule has 24 heavy (non-hydrogen) atoms. The minimum absolute atomic E-state index is 0.0270. The molecule has 0 radical (unpaired) electrons. The molecule has 1 atom stereocenters. The Morgan fingerprint density at radius 1 is 1.21 bits per heavy atom. The first-order chi connectivity index (χ1) is 11.7. The first-order valence-corrected chi connectivity index (χ1v) is 8.02. The van der Waals surface area contributed by atoms with Crippen LogP contribution in [0, 0.1) is 0 Å². The molecular weight excluding hydrogens is 302 g/mol. The number of amides is 1. The van der Waals surface area contributed by atoms with Gasteiger partial charge in [-0.05, 0) is 30.2 Å². The third-order valence-corrected chi connectivity index (χ3v) is 4.08. The third-order valence-electron chi connectivity index (χ3n) is 4.08. The van der Waals surface area contributed by atoms with Crippen LogP contribution in [0.3, 0.4) is 0 Å². The van der Waals surface area contributed by atoms with Crippen LogP contribution in [0.1, 0.15) is 29.4 Å². The highest BCUT2D eigenvalue weighted by atomic mass is 16.3. The highest BCUT2D eigenvalue weighted by Crippen LogP contribution is 2.25. The second kappa shape index (κ2) is 7.64. The maximum Gasteiger partial charge on any atom is 0.223 e. The van der Waals surface area contributed by atoms with Gasteiger partial charge in [0.15, 0.2) is 0 Å². The van der Waals surface area contributed by atoms with Gasteiger partial charge in [0.05, 0.1) is 18.5 Å². The summed E-state index contributed by atoms with van der Waals surface area (Å²) in [6, 6.07) is 15.9. The van der Waals surface area contributed by atoms with Gasteiger partial charge in [-0.15, -0.1) is 0 Å². The van der Waals surface area contributed by atoms with Crippen LogP contribution < -0.4 is 0 Å². The Bertz CT molecular complexity index is 736. The van der Waals surface area contributed by atoms with E-state index in [1.165, 1.54) is 5.56 Å². The molecule has 0 saturated heterocycles. The van der Waals surface area contributed by atoms with Gasteiger partial charge < -0.3 is 9.32 Å². The standard InChI is InChI=1S/C19H21N3O2/c1-22(14-17-9-10-20-21-17)19(23)13-16(18-8-5-11-24-18)12-15-6-3-2-4-7-15/h2-11,16H,12-14H2,1H3,(H,20,21). The fourth-order valence-corrected chi connectivity index (χ4v) is 2.78. The summed E-state index contributed by atoms with van der Waals surface area (Å²) >= 11 is 0. The van der Waals surface area contributed by atoms with E-state index in [2.05, 4.69) is 22.3 Å². The van der Waals surface area contributed by atoms with E-state index in [1.54, 1.807) is 17.4 Å². The predicted molar refractivity (Wildman–Crippen MR) is 91.3 cm³/mol. The van der Waals surface area contributed by atoms with Gasteiger partial charge in [-0.1, -0.05) is 30.3 Å². The zero-order valence-electron chi connectivity index (χ0n) is 13.7. The SMILES string of the molecule is CN(Cc1ccn[nH]1)C(=O)CC(Cc1ccccc1)c1ccco1. The summed E-state index contributed by atoms with van der Waals surface area (Å²) < 4.78 is 5.57. The van der Waals surface area contributed by atoms with Crippen molar-refractivity contribution in [3.8, 4) is 0 Å². The molecule has 5 nitrogen and oxygen atoms in total. The summed E-state index contributed by atoms with van der Waals surface area (Å²) in [4.78, 5) is 14.3. The van der Waals surface area contributed by atoms with E-state index in [9.17, 15) is 4.79 Å². The lowest BCUT2D eigenvalue weighted by Gasteiger charge is -2.20. The number of benzene rings is 1. The number of hydrogen-bond acceptors (Lipinski definition) is 3. The predicted octanol–water partition coefficient (Wildman–Crippen LogP) is 3.38. The molecule has 0 spiro atoms. The van der Waals surface area contributed by atoms with Crippen LogP contribution in [0.4, 0.5) is 0 Å². The van der Waals surface area contributed by atoms with E-state index in [0.29, 0.717) is 13.0 Å². The first-order valence-electron chi connectivity index (χ1n) is 8.02. The van der Waals surface area contributed by atoms with Crippen molar-refractivity contribution >= 4 is 5.91 Å². The third kappa shape index (κ3) is 4.13. The first kappa shape index (κ1) is 16.1. The smallest absolute Gasteiger partial charge is 0.223 e. The summed E-state index contributed by atoms with van der Waals surface area (Å²) in [5.74, 6) is 0.961. The maximum absolute atomic E-state index is 12.6. The van der Waals surface area contributed by atoms with Crippen molar-refractivity contribution in [2.75, 3.05) is 7.05 Å². The number of nitrogens with zero attached hydrogens (tertiary/aromatic N) is 2. The van der Waals surface area contributed by atoms with E-state index in [-0.39, 0.29) is 11.8 Å². The van der Waals surface area contributed by atoms with E-state index in [1.807, 2.05) is 43.4 Å². The number of carbonyl (C=O) groups is 1. The average molecular weight is 323 g/mol. The van der Waals surface area contributed by atoms with Crippen molar-refractivity contribution in [3.05, 3.63) is 78.0 Å². The molecule has 2 heterocycles. The van der Waals surface area contributed by atoms with Crippen LogP contribution in [0.15, 0.2) is 65.4 Å². The van der Waals surface area contributed by atoms with E-state index >= 15 is 0 Å². The molecule has 2 aromatic heterocycles. The molecule has 1 amide bonds. The van der Waals surface area contributed by atoms with E-state index < -0.39 is 0 Å². The number of rotatable bonds is 7. The van der Waals surface area contributed by atoms with Crippen LogP contribution in [-0.2, 0) is 17.8 Å². The molecule has 1 N–H and O–H groups in total. The molecule has 1 aromatic carbocycles. The van der Waals surface area contributed by atoms with Gasteiger partial charge in [-0.3, -0.25) is 9.89 Å². The summed E-state index contributed by atoms with van der Waals surface area (Å²) in [6.45, 7) is 0.523. The van der Waals surface area contributed by atoms with Crippen molar-refractivity contribution in [1.29, 1.82) is 0 Å². The molecule has 0 aliphatic carbocycles. The number of furan rings is 1. The lowest BCUT2D eigenvalue weighted by atomic mass is 9.93. The Morgan fingerprint density at radius 2 is 2.04 bits per heavy atom. The van der Waals surface area contributed by atoms with Crippen molar-refractivity contribution < 1.29 is 9.21 Å². The molecule has 0 bridgehead atoms. The number of carbonyl (C=O) groups excluding carboxylic acids is 1.